The van der Waals surface area contributed by atoms with E-state index in [1.807, 2.05) is 6.07 Å². The Morgan fingerprint density at radius 3 is 1.13 bits per heavy atom. The van der Waals surface area contributed by atoms with E-state index in [1.165, 1.54) is 70.6 Å². The fourth-order valence-corrected chi connectivity index (χ4v) is 19.4. The molecule has 0 aromatic heterocycles. The number of aliphatic hydroxyl groups excluding tert-OH is 1. The van der Waals surface area contributed by atoms with Crippen LogP contribution in [0.1, 0.15) is 252 Å². The van der Waals surface area contributed by atoms with Gasteiger partial charge in [-0.15, -0.1) is 0 Å². The highest BCUT2D eigenvalue weighted by atomic mass is 35.7. The average Bonchev–Trinajstić information content (AvgIpc) is 0.788. The zero-order chi connectivity index (χ0) is 78.5. The van der Waals surface area contributed by atoms with Crippen molar-refractivity contribution in [1.29, 1.82) is 0 Å². The molecule has 39 nitrogen and oxygen atoms in total. The van der Waals surface area contributed by atoms with Crippen LogP contribution in [0.3, 0.4) is 0 Å². The van der Waals surface area contributed by atoms with Gasteiger partial charge in [0.15, 0.2) is 0 Å². The minimum Gasteiger partial charge on any atom is -0.426 e. The van der Waals surface area contributed by atoms with E-state index in [0.29, 0.717) is 81.3 Å². The molecule has 1 fully saturated rings. The Morgan fingerprint density at radius 2 is 0.755 bits per heavy atom. The maximum Gasteiger partial charge on any atom is 0.492 e. The molecule has 0 radical (unpaired) electrons. The fourth-order valence-electron chi connectivity index (χ4n) is 9.46. The number of nitrogens with zero attached hydrogens (tertiary/aromatic N) is 12. The molecule has 0 saturated carbocycles. The zero-order valence-corrected chi connectivity index (χ0v) is 67.3. The van der Waals surface area contributed by atoms with Gasteiger partial charge in [-0.2, -0.15) is 21.6 Å². The van der Waals surface area contributed by atoms with Crippen LogP contribution in [-0.4, -0.2) is 99.0 Å². The number of phosphoric ester groups is 1. The summed E-state index contributed by atoms with van der Waals surface area (Å²) in [5.41, 5.74) is 33.4. The molecule has 48 heteroatoms. The second-order valence-corrected chi connectivity index (χ2v) is 35.5. The summed E-state index contributed by atoms with van der Waals surface area (Å²) in [6.45, 7) is 2.85. The maximum absolute atomic E-state index is 11.9. The third-order valence-corrected chi connectivity index (χ3v) is 25.8. The van der Waals surface area contributed by atoms with Crippen LogP contribution in [0.15, 0.2) is 69.0 Å². The first-order valence-corrected chi connectivity index (χ1v) is 47.1. The van der Waals surface area contributed by atoms with Crippen LogP contribution in [0.4, 0.5) is 0 Å². The largest absolute Gasteiger partial charge is 0.492 e. The molecule has 2 aromatic rings. The normalized spacial score (nSPS) is 19.4. The number of fused-ring (bicyclic) bond motifs is 2. The van der Waals surface area contributed by atoms with Crippen LogP contribution in [-0.2, 0) is 71.6 Å². The SMILES string of the molecule is O=C1OP(Cl)Oc2ccccc21.[N-]=[N+]=NCCCCCCCCCCCO.[N-]=[N+]=NCCCCCCCCCCCOP(=O)(O)OP(=O)(O)OP(=O)(O)O.[N-]=[N+]=NCCCCCCCCCCCOP1(=O)OP(=O)(O)OP(=O)(O)O1.[N-]=[N+]=NCCCCCCCCCCCOP1OC(=O)c2ccccc2O1. The lowest BCUT2D eigenvalue weighted by Crippen LogP contribution is -2.13. The van der Waals surface area contributed by atoms with E-state index in [-0.39, 0.29) is 19.2 Å². The summed E-state index contributed by atoms with van der Waals surface area (Å²) in [7, 11) is -33.6. The molecule has 5 rings (SSSR count). The number of para-hydroxylation sites is 2. The first-order chi connectivity index (χ1) is 50.7. The quantitative estimate of drug-likeness (QED) is 0.0106. The van der Waals surface area contributed by atoms with E-state index in [1.54, 1.807) is 42.5 Å². The van der Waals surface area contributed by atoms with Crippen LogP contribution in [0.5, 0.6) is 11.5 Å². The van der Waals surface area contributed by atoms with Crippen LogP contribution < -0.4 is 9.05 Å². The summed E-state index contributed by atoms with van der Waals surface area (Å²) in [5.74, 6) is 0.236. The molecule has 0 bridgehead atoms. The highest BCUT2D eigenvalue weighted by Crippen LogP contribution is 2.80. The molecular weight excluding hydrogens is 1580 g/mol. The average molecular weight is 1680 g/mol. The van der Waals surface area contributed by atoms with E-state index in [0.717, 1.165) is 141 Å². The lowest BCUT2D eigenvalue weighted by atomic mass is 10.1. The third-order valence-electron chi connectivity index (χ3n) is 14.5. The summed E-state index contributed by atoms with van der Waals surface area (Å²) >= 11 is 5.54. The van der Waals surface area contributed by atoms with Gasteiger partial charge in [0.25, 0.3) is 0 Å². The number of carbonyl (C=O) groups is 2. The molecule has 0 amide bonds. The Kier molecular flexibility index (Phi) is 58.4. The zero-order valence-electron chi connectivity index (χ0n) is 59.3. The van der Waals surface area contributed by atoms with Gasteiger partial charge in [0.2, 0.25) is 0 Å². The summed E-state index contributed by atoms with van der Waals surface area (Å²) < 4.78 is 122. The molecule has 0 aliphatic carbocycles. The van der Waals surface area contributed by atoms with Gasteiger partial charge in [-0.3, -0.25) is 13.6 Å². The van der Waals surface area contributed by atoms with E-state index in [4.69, 9.17) is 85.6 Å². The van der Waals surface area contributed by atoms with Gasteiger partial charge in [-0.1, -0.05) is 225 Å². The minimum atomic E-state index is -5.45. The van der Waals surface area contributed by atoms with Crippen molar-refractivity contribution in [3.05, 3.63) is 101 Å². The molecule has 3 aliphatic rings. The van der Waals surface area contributed by atoms with Crippen LogP contribution in [0.25, 0.3) is 41.8 Å². The van der Waals surface area contributed by atoms with Crippen LogP contribution in [0.2, 0.25) is 0 Å². The fraction of sp³-hybridized carbons (Fsp3) is 0.759. The predicted molar refractivity (Wildman–Crippen MR) is 396 cm³/mol. The number of rotatable bonds is 54. The van der Waals surface area contributed by atoms with Gasteiger partial charge in [-0.05, 0) is 109 Å². The first kappa shape index (κ1) is 100. The van der Waals surface area contributed by atoms with Gasteiger partial charge >= 0.3 is 75.2 Å². The molecule has 0 spiro atoms. The smallest absolute Gasteiger partial charge is 0.426 e. The minimum absolute atomic E-state index is 0.114. The summed E-state index contributed by atoms with van der Waals surface area (Å²) in [6, 6.07) is 13.9. The maximum atomic E-state index is 11.9. The molecule has 106 heavy (non-hydrogen) atoms. The molecular formula is C58H103ClN12O27P8. The Morgan fingerprint density at radius 1 is 0.425 bits per heavy atom. The Balaban J connectivity index is 0.000000680. The number of halogens is 1. The molecule has 604 valence electrons. The van der Waals surface area contributed by atoms with Crippen molar-refractivity contribution in [2.45, 2.75) is 231 Å². The van der Waals surface area contributed by atoms with Crippen molar-refractivity contribution in [2.24, 2.45) is 20.5 Å². The summed E-state index contributed by atoms with van der Waals surface area (Å²) in [4.78, 5) is 87.0. The molecule has 1 saturated heterocycles. The molecule has 3 heterocycles. The standard InChI is InChI=1S/C18H26N3O4P.C11H26N3O10P3.C11H24N3O9P3.C11H23N3O.C7H4ClO3P/c19-21-20-14-10-6-4-2-1-3-5-7-11-15-23-26-24-17-13-9-8-12-16(17)18(22)25-26;12-14-13-10-8-6-4-2-1-3-5-7-9-11-22-26(18,19)24-27(20,21)23-25(15,16)17;12-14-13-10-8-6-4-2-1-3-5-7-9-11-20-26(19)22-24(15,16)21-25(17,18)23-26;12-14-13-10-8-6-4-2-1-3-5-7-9-11-15;8-12-10-6-4-2-1-3-5(6)7(9)11-12/h8-9,12-13H,1-7,10-11,14-15H2;1-11H2,(H,18,19)(H,20,21)(H2,15,16,17);1-11H2,(H,15,16)(H,17,18);15H,1-11H2;1-4H. The topological polar surface area (TPSA) is 584 Å². The van der Waals surface area contributed by atoms with E-state index >= 15 is 0 Å². The second-order valence-electron chi connectivity index (χ2n) is 23.4. The lowest BCUT2D eigenvalue weighted by Gasteiger charge is -2.26. The summed E-state index contributed by atoms with van der Waals surface area (Å²) in [6.07, 6.45) is 37.3. The van der Waals surface area contributed by atoms with Crippen molar-refractivity contribution in [3.8, 4) is 11.5 Å². The van der Waals surface area contributed by atoms with Gasteiger partial charge in [0, 0.05) is 52.4 Å². The number of azide groups is 4. The highest BCUT2D eigenvalue weighted by Gasteiger charge is 2.54. The van der Waals surface area contributed by atoms with Crippen molar-refractivity contribution >= 4 is 86.4 Å². The van der Waals surface area contributed by atoms with Gasteiger partial charge in [0.1, 0.15) is 22.6 Å². The number of phosphoric acid groups is 6. The monoisotopic (exact) mass is 1680 g/mol. The number of benzene rings is 2. The van der Waals surface area contributed by atoms with Gasteiger partial charge in [-0.25, -0.2) is 37.0 Å². The molecule has 7 N–H and O–H groups in total. The number of carbonyl (C=O) groups excluding carboxylic acids is 2. The number of hydrogen-bond donors (Lipinski definition) is 7. The second kappa shape index (κ2) is 61.8. The highest BCUT2D eigenvalue weighted by molar-refractivity contribution is 7.77. The molecule has 2 aromatic carbocycles. The predicted octanol–water partition coefficient (Wildman–Crippen LogP) is 22.1. The summed E-state index contributed by atoms with van der Waals surface area (Å²) in [5, 5.41) is 22.5. The Bertz CT molecular complexity index is 3260. The van der Waals surface area contributed by atoms with Crippen LogP contribution >= 0.6 is 74.5 Å². The van der Waals surface area contributed by atoms with E-state index in [9.17, 15) is 41.9 Å². The number of aliphatic hydroxyl groups is 1. The van der Waals surface area contributed by atoms with Crippen LogP contribution in [0, 0.1) is 0 Å². The van der Waals surface area contributed by atoms with Crippen molar-refractivity contribution in [3.63, 3.8) is 0 Å². The van der Waals surface area contributed by atoms with Gasteiger partial charge in [0.05, 0.1) is 19.8 Å². The molecule has 6 atom stereocenters. The number of hydrogen-bond acceptors (Lipinski definition) is 25. The van der Waals surface area contributed by atoms with Crippen molar-refractivity contribution in [1.82, 2.24) is 0 Å². The Labute approximate surface area is 625 Å². The van der Waals surface area contributed by atoms with Gasteiger partial charge < -0.3 is 52.6 Å². The van der Waals surface area contributed by atoms with E-state index in [2.05, 4.69) is 70.7 Å². The first-order valence-electron chi connectivity index (χ1n) is 35.0. The molecule has 6 unspecified atom stereocenters. The van der Waals surface area contributed by atoms with Crippen molar-refractivity contribution < 1.29 is 125 Å². The lowest BCUT2D eigenvalue weighted by molar-refractivity contribution is 0.0667. The Hall–Kier alpha value is -3.85. The van der Waals surface area contributed by atoms with E-state index < -0.39 is 69.2 Å². The molecule has 3 aliphatic heterocycles. The number of unbranched alkanes of at least 4 members (excludes halogenated alkanes) is 32. The third kappa shape index (κ3) is 57.2. The van der Waals surface area contributed by atoms with Crippen molar-refractivity contribution in [2.75, 3.05) is 52.6 Å².